The largest absolute Gasteiger partial charge is 0.495 e. The second-order valence-electron chi connectivity index (χ2n) is 5.28. The zero-order chi connectivity index (χ0) is 16.4. The van der Waals surface area contributed by atoms with E-state index in [0.717, 1.165) is 33.0 Å². The second-order valence-corrected chi connectivity index (χ2v) is 6.30. The Morgan fingerprint density at radius 1 is 1.26 bits per heavy atom. The van der Waals surface area contributed by atoms with Crippen LogP contribution in [0.3, 0.4) is 0 Å². The van der Waals surface area contributed by atoms with E-state index < -0.39 is 0 Å². The summed E-state index contributed by atoms with van der Waals surface area (Å²) in [5, 5.41) is 7.15. The summed E-state index contributed by atoms with van der Waals surface area (Å²) in [6.45, 7) is 8.39. The Kier molecular flexibility index (Phi) is 4.39. The van der Waals surface area contributed by atoms with Crippen LogP contribution < -0.4 is 10.6 Å². The number of nitrogens with one attached hydrogen (secondary N) is 2. The highest BCUT2D eigenvalue weighted by Crippen LogP contribution is 2.42. The lowest BCUT2D eigenvalue weighted by atomic mass is 10.0. The van der Waals surface area contributed by atoms with E-state index in [2.05, 4.69) is 36.3 Å². The normalized spacial score (nSPS) is 16.3. The van der Waals surface area contributed by atoms with E-state index in [1.165, 1.54) is 0 Å². The van der Waals surface area contributed by atoms with Gasteiger partial charge >= 0.3 is 0 Å². The SMILES string of the molecule is C=C(OCC)C1NC(=O)c2c(sc(-c3ccccc3)c2CC)N1. The fourth-order valence-electron chi connectivity index (χ4n) is 2.77. The van der Waals surface area contributed by atoms with Crippen LogP contribution in [-0.4, -0.2) is 18.7 Å². The van der Waals surface area contributed by atoms with Gasteiger partial charge in [0.1, 0.15) is 10.8 Å². The number of fused-ring (bicyclic) bond motifs is 1. The standard InChI is InChI=1S/C18H20N2O2S/c1-4-13-14-17(21)19-16(11(3)22-5-2)20-18(14)23-15(13)12-9-7-6-8-10-12/h6-10,16,20H,3-5H2,1-2H3,(H,19,21). The van der Waals surface area contributed by atoms with Crippen molar-refractivity contribution >= 4 is 22.2 Å². The molecule has 3 rings (SSSR count). The minimum absolute atomic E-state index is 0.0696. The van der Waals surface area contributed by atoms with Gasteiger partial charge in [-0.1, -0.05) is 43.8 Å². The van der Waals surface area contributed by atoms with E-state index in [9.17, 15) is 4.79 Å². The molecule has 0 saturated carbocycles. The number of thiophene rings is 1. The molecule has 120 valence electrons. The van der Waals surface area contributed by atoms with Crippen molar-refractivity contribution in [3.63, 3.8) is 0 Å². The average Bonchev–Trinajstić information content (AvgIpc) is 2.95. The lowest BCUT2D eigenvalue weighted by Crippen LogP contribution is -2.46. The maximum atomic E-state index is 12.6. The molecule has 0 spiro atoms. The summed E-state index contributed by atoms with van der Waals surface area (Å²) < 4.78 is 5.43. The zero-order valence-corrected chi connectivity index (χ0v) is 14.1. The van der Waals surface area contributed by atoms with Gasteiger partial charge in [-0.2, -0.15) is 0 Å². The molecule has 1 aromatic heterocycles. The molecule has 1 atom stereocenters. The number of ether oxygens (including phenoxy) is 1. The predicted molar refractivity (Wildman–Crippen MR) is 94.8 cm³/mol. The van der Waals surface area contributed by atoms with Gasteiger partial charge in [-0.15, -0.1) is 11.3 Å². The summed E-state index contributed by atoms with van der Waals surface area (Å²) in [6, 6.07) is 10.2. The molecule has 2 aromatic rings. The van der Waals surface area contributed by atoms with Crippen molar-refractivity contribution in [3.8, 4) is 10.4 Å². The van der Waals surface area contributed by atoms with Crippen LogP contribution in [0.5, 0.6) is 0 Å². The van der Waals surface area contributed by atoms with Gasteiger partial charge in [-0.05, 0) is 24.5 Å². The van der Waals surface area contributed by atoms with Gasteiger partial charge in [0.25, 0.3) is 5.91 Å². The first-order valence-electron chi connectivity index (χ1n) is 7.75. The van der Waals surface area contributed by atoms with Gasteiger partial charge in [0.05, 0.1) is 12.2 Å². The third-order valence-corrected chi connectivity index (χ3v) is 5.04. The maximum absolute atomic E-state index is 12.6. The number of carbonyl (C=O) groups is 1. The molecule has 1 amide bonds. The van der Waals surface area contributed by atoms with Crippen LogP contribution >= 0.6 is 11.3 Å². The molecule has 2 heterocycles. The molecule has 1 aliphatic rings. The highest BCUT2D eigenvalue weighted by atomic mass is 32.1. The molecule has 1 unspecified atom stereocenters. The van der Waals surface area contributed by atoms with Crippen LogP contribution in [0, 0.1) is 0 Å². The van der Waals surface area contributed by atoms with E-state index in [-0.39, 0.29) is 12.1 Å². The summed E-state index contributed by atoms with van der Waals surface area (Å²) in [5.74, 6) is 0.457. The first-order valence-corrected chi connectivity index (χ1v) is 8.57. The molecule has 0 saturated heterocycles. The molecule has 0 radical (unpaired) electrons. The molecule has 0 aliphatic carbocycles. The minimum atomic E-state index is -0.387. The van der Waals surface area contributed by atoms with Crippen molar-refractivity contribution < 1.29 is 9.53 Å². The van der Waals surface area contributed by atoms with Crippen LogP contribution in [0.2, 0.25) is 0 Å². The van der Waals surface area contributed by atoms with Gasteiger partial charge in [0, 0.05) is 4.88 Å². The predicted octanol–water partition coefficient (Wildman–Crippen LogP) is 4.01. The quantitative estimate of drug-likeness (QED) is 0.815. The number of hydrogen-bond donors (Lipinski definition) is 2. The first kappa shape index (κ1) is 15.6. The topological polar surface area (TPSA) is 50.4 Å². The van der Waals surface area contributed by atoms with Gasteiger partial charge in [0.15, 0.2) is 6.17 Å². The van der Waals surface area contributed by atoms with Gasteiger partial charge in [-0.25, -0.2) is 0 Å². The van der Waals surface area contributed by atoms with Gasteiger partial charge < -0.3 is 15.4 Å². The summed E-state index contributed by atoms with van der Waals surface area (Å²) in [6.07, 6.45) is 0.421. The molecule has 4 nitrogen and oxygen atoms in total. The van der Waals surface area contributed by atoms with E-state index >= 15 is 0 Å². The molecule has 5 heteroatoms. The highest BCUT2D eigenvalue weighted by Gasteiger charge is 2.31. The smallest absolute Gasteiger partial charge is 0.256 e. The second kappa shape index (κ2) is 6.46. The van der Waals surface area contributed by atoms with Crippen molar-refractivity contribution in [1.82, 2.24) is 5.32 Å². The molecule has 1 aliphatic heterocycles. The first-order chi connectivity index (χ1) is 11.2. The highest BCUT2D eigenvalue weighted by molar-refractivity contribution is 7.20. The van der Waals surface area contributed by atoms with E-state index in [0.29, 0.717) is 12.4 Å². The Bertz CT molecular complexity index is 737. The molecular weight excluding hydrogens is 308 g/mol. The monoisotopic (exact) mass is 328 g/mol. The molecule has 1 aromatic carbocycles. The Morgan fingerprint density at radius 3 is 2.65 bits per heavy atom. The third-order valence-electron chi connectivity index (χ3n) is 3.83. The van der Waals surface area contributed by atoms with Crippen LogP contribution in [0.4, 0.5) is 5.00 Å². The van der Waals surface area contributed by atoms with Crippen LogP contribution in [-0.2, 0) is 11.2 Å². The Hall–Kier alpha value is -2.27. The lowest BCUT2D eigenvalue weighted by Gasteiger charge is -2.27. The van der Waals surface area contributed by atoms with E-state index in [4.69, 9.17) is 4.74 Å². The van der Waals surface area contributed by atoms with Crippen molar-refractivity contribution in [2.75, 3.05) is 11.9 Å². The molecule has 0 bridgehead atoms. The summed E-state index contributed by atoms with van der Waals surface area (Å²) in [4.78, 5) is 13.7. The number of benzene rings is 1. The number of carbonyl (C=O) groups excluding carboxylic acids is 1. The van der Waals surface area contributed by atoms with Crippen molar-refractivity contribution in [2.45, 2.75) is 26.4 Å². The van der Waals surface area contributed by atoms with Crippen LogP contribution in [0.15, 0.2) is 42.7 Å². The van der Waals surface area contributed by atoms with Crippen LogP contribution in [0.1, 0.15) is 29.8 Å². The lowest BCUT2D eigenvalue weighted by molar-refractivity contribution is 0.0923. The van der Waals surface area contributed by atoms with E-state index in [1.54, 1.807) is 11.3 Å². The number of amides is 1. The van der Waals surface area contributed by atoms with Crippen molar-refractivity contribution in [2.24, 2.45) is 0 Å². The Morgan fingerprint density at radius 2 is 2.00 bits per heavy atom. The average molecular weight is 328 g/mol. The molecule has 2 N–H and O–H groups in total. The molecule has 0 fully saturated rings. The zero-order valence-electron chi connectivity index (χ0n) is 13.3. The van der Waals surface area contributed by atoms with Crippen molar-refractivity contribution in [3.05, 3.63) is 53.8 Å². The fraction of sp³-hybridized carbons (Fsp3) is 0.278. The van der Waals surface area contributed by atoms with Gasteiger partial charge in [0.2, 0.25) is 0 Å². The summed E-state index contributed by atoms with van der Waals surface area (Å²) >= 11 is 1.61. The minimum Gasteiger partial charge on any atom is -0.495 e. The third kappa shape index (κ3) is 2.84. The molecule has 23 heavy (non-hydrogen) atoms. The van der Waals surface area contributed by atoms with Crippen LogP contribution in [0.25, 0.3) is 10.4 Å². The van der Waals surface area contributed by atoms with Gasteiger partial charge in [-0.3, -0.25) is 4.79 Å². The van der Waals surface area contributed by atoms with E-state index in [1.807, 2.05) is 25.1 Å². The fourth-order valence-corrected chi connectivity index (χ4v) is 4.09. The number of anilines is 1. The number of hydrogen-bond acceptors (Lipinski definition) is 4. The Labute approximate surface area is 140 Å². The number of rotatable bonds is 5. The summed E-state index contributed by atoms with van der Waals surface area (Å²) in [7, 11) is 0. The molecular formula is C18H20N2O2S. The Balaban J connectivity index is 2.02. The maximum Gasteiger partial charge on any atom is 0.256 e. The van der Waals surface area contributed by atoms with Crippen molar-refractivity contribution in [1.29, 1.82) is 0 Å². The summed E-state index contributed by atoms with van der Waals surface area (Å²) in [5.41, 5.74) is 2.97.